The van der Waals surface area contributed by atoms with Gasteiger partial charge >= 0.3 is 0 Å². The number of fused-ring (bicyclic) bond motifs is 1. The maximum Gasteiger partial charge on any atom is 0.265 e. The van der Waals surface area contributed by atoms with Crippen LogP contribution in [0.5, 0.6) is 5.75 Å². The quantitative estimate of drug-likeness (QED) is 0.844. The molecule has 2 aromatic rings. The lowest BCUT2D eigenvalue weighted by molar-refractivity contribution is -0.125. The largest absolute Gasteiger partial charge is 0.482 e. The Morgan fingerprint density at radius 3 is 2.81 bits per heavy atom. The Hall–Kier alpha value is -3.42. The molecule has 0 atom stereocenters. The molecule has 0 fully saturated rings. The zero-order valence-electron chi connectivity index (χ0n) is 15.1. The molecule has 0 unspecified atom stereocenters. The van der Waals surface area contributed by atoms with Gasteiger partial charge in [0.15, 0.2) is 6.61 Å². The van der Waals surface area contributed by atoms with Gasteiger partial charge in [0.05, 0.1) is 5.69 Å². The maximum absolute atomic E-state index is 12.3. The van der Waals surface area contributed by atoms with Crippen molar-refractivity contribution < 1.29 is 19.1 Å². The normalized spacial score (nSPS) is 12.8. The third kappa shape index (κ3) is 4.22. The molecule has 3 amide bonds. The zero-order valence-corrected chi connectivity index (χ0v) is 15.1. The Kier molecular flexibility index (Phi) is 5.35. The SMILES string of the molecule is CN(C)C(=O)c1ccc2c(c1)N(CC(=O)NCc1cccnc1)C(=O)CO2. The van der Waals surface area contributed by atoms with Crippen LogP contribution in [0.15, 0.2) is 42.7 Å². The molecule has 0 aliphatic carbocycles. The van der Waals surface area contributed by atoms with E-state index in [-0.39, 0.29) is 30.9 Å². The predicted molar refractivity (Wildman–Crippen MR) is 98.4 cm³/mol. The minimum Gasteiger partial charge on any atom is -0.482 e. The predicted octanol–water partition coefficient (Wildman–Crippen LogP) is 0.825. The minimum atomic E-state index is -0.339. The molecule has 0 saturated carbocycles. The van der Waals surface area contributed by atoms with E-state index in [4.69, 9.17) is 4.74 Å². The summed E-state index contributed by atoms with van der Waals surface area (Å²) >= 11 is 0. The molecule has 1 aliphatic rings. The van der Waals surface area contributed by atoms with Crippen LogP contribution in [0.1, 0.15) is 15.9 Å². The summed E-state index contributed by atoms with van der Waals surface area (Å²) in [6, 6.07) is 8.48. The fraction of sp³-hybridized carbons (Fsp3) is 0.263. The molecule has 27 heavy (non-hydrogen) atoms. The monoisotopic (exact) mass is 368 g/mol. The van der Waals surface area contributed by atoms with Gasteiger partial charge in [-0.15, -0.1) is 0 Å². The first-order valence-corrected chi connectivity index (χ1v) is 8.40. The fourth-order valence-electron chi connectivity index (χ4n) is 2.67. The maximum atomic E-state index is 12.3. The van der Waals surface area contributed by atoms with Crippen molar-refractivity contribution in [3.8, 4) is 5.75 Å². The number of pyridine rings is 1. The summed E-state index contributed by atoms with van der Waals surface area (Å²) in [7, 11) is 3.29. The van der Waals surface area contributed by atoms with E-state index >= 15 is 0 Å². The molecule has 0 radical (unpaired) electrons. The summed E-state index contributed by atoms with van der Waals surface area (Å²) in [4.78, 5) is 43.6. The molecule has 3 rings (SSSR count). The molecule has 0 bridgehead atoms. The van der Waals surface area contributed by atoms with Gasteiger partial charge in [-0.25, -0.2) is 0 Å². The Morgan fingerprint density at radius 2 is 2.11 bits per heavy atom. The highest BCUT2D eigenvalue weighted by Gasteiger charge is 2.28. The van der Waals surface area contributed by atoms with Gasteiger partial charge in [-0.05, 0) is 29.8 Å². The summed E-state index contributed by atoms with van der Waals surface area (Å²) in [5, 5.41) is 2.76. The van der Waals surface area contributed by atoms with Crippen molar-refractivity contribution in [1.29, 1.82) is 0 Å². The number of nitrogens with zero attached hydrogens (tertiary/aromatic N) is 3. The summed E-state index contributed by atoms with van der Waals surface area (Å²) in [5.74, 6) is -0.389. The summed E-state index contributed by atoms with van der Waals surface area (Å²) in [6.45, 7) is 0.0101. The van der Waals surface area contributed by atoms with Gasteiger partial charge in [0.25, 0.3) is 11.8 Å². The van der Waals surface area contributed by atoms with Crippen LogP contribution in [0.3, 0.4) is 0 Å². The van der Waals surface area contributed by atoms with Crippen molar-refractivity contribution >= 4 is 23.4 Å². The molecule has 1 aromatic carbocycles. The number of ether oxygens (including phenoxy) is 1. The molecule has 0 saturated heterocycles. The number of nitrogens with one attached hydrogen (secondary N) is 1. The molecular weight excluding hydrogens is 348 g/mol. The van der Waals surface area contributed by atoms with Crippen molar-refractivity contribution in [2.24, 2.45) is 0 Å². The third-order valence-electron chi connectivity index (χ3n) is 4.07. The van der Waals surface area contributed by atoms with Crippen LogP contribution in [0.25, 0.3) is 0 Å². The van der Waals surface area contributed by atoms with Crippen molar-refractivity contribution in [2.45, 2.75) is 6.54 Å². The van der Waals surface area contributed by atoms with Crippen molar-refractivity contribution in [3.63, 3.8) is 0 Å². The molecule has 140 valence electrons. The van der Waals surface area contributed by atoms with E-state index in [0.717, 1.165) is 5.56 Å². The number of carbonyl (C=O) groups is 3. The van der Waals surface area contributed by atoms with Crippen LogP contribution < -0.4 is 15.0 Å². The Morgan fingerprint density at radius 1 is 1.30 bits per heavy atom. The Labute approximate surface area is 156 Å². The lowest BCUT2D eigenvalue weighted by Gasteiger charge is -2.29. The number of benzene rings is 1. The van der Waals surface area contributed by atoms with Crippen LogP contribution >= 0.6 is 0 Å². The van der Waals surface area contributed by atoms with Gasteiger partial charge in [0.1, 0.15) is 12.3 Å². The molecule has 2 heterocycles. The van der Waals surface area contributed by atoms with E-state index in [2.05, 4.69) is 10.3 Å². The summed E-state index contributed by atoms with van der Waals surface area (Å²) in [5.41, 5.74) is 1.69. The second-order valence-electron chi connectivity index (χ2n) is 6.29. The zero-order chi connectivity index (χ0) is 19.4. The van der Waals surface area contributed by atoms with Crippen LogP contribution in [0, 0.1) is 0 Å². The molecular formula is C19H20N4O4. The molecule has 1 aliphatic heterocycles. The minimum absolute atomic E-state index is 0.149. The number of rotatable bonds is 5. The van der Waals surface area contributed by atoms with Gasteiger partial charge in [0, 0.05) is 38.6 Å². The van der Waals surface area contributed by atoms with Crippen LogP contribution in [0.4, 0.5) is 5.69 Å². The highest BCUT2D eigenvalue weighted by Crippen LogP contribution is 2.33. The lowest BCUT2D eigenvalue weighted by Crippen LogP contribution is -2.45. The number of aromatic nitrogens is 1. The first-order chi connectivity index (χ1) is 13.0. The van der Waals surface area contributed by atoms with Gasteiger partial charge in [-0.3, -0.25) is 24.3 Å². The van der Waals surface area contributed by atoms with E-state index < -0.39 is 0 Å². The van der Waals surface area contributed by atoms with Crippen LogP contribution in [-0.2, 0) is 16.1 Å². The number of carbonyl (C=O) groups excluding carboxylic acids is 3. The van der Waals surface area contributed by atoms with Crippen LogP contribution in [-0.4, -0.2) is 54.9 Å². The first-order valence-electron chi connectivity index (χ1n) is 8.40. The Bertz CT molecular complexity index is 867. The molecule has 0 spiro atoms. The van der Waals surface area contributed by atoms with E-state index in [1.807, 2.05) is 6.07 Å². The number of anilines is 1. The lowest BCUT2D eigenvalue weighted by atomic mass is 10.1. The highest BCUT2D eigenvalue weighted by molar-refractivity contribution is 6.04. The van der Waals surface area contributed by atoms with E-state index in [9.17, 15) is 14.4 Å². The van der Waals surface area contributed by atoms with Crippen molar-refractivity contribution in [3.05, 3.63) is 53.9 Å². The van der Waals surface area contributed by atoms with Crippen molar-refractivity contribution in [2.75, 3.05) is 32.1 Å². The fourth-order valence-corrected chi connectivity index (χ4v) is 2.67. The average molecular weight is 368 g/mol. The topological polar surface area (TPSA) is 91.8 Å². The Balaban J connectivity index is 1.75. The molecule has 1 N–H and O–H groups in total. The second-order valence-corrected chi connectivity index (χ2v) is 6.29. The number of hydrogen-bond acceptors (Lipinski definition) is 5. The average Bonchev–Trinajstić information content (AvgIpc) is 2.68. The summed E-state index contributed by atoms with van der Waals surface area (Å²) in [6.07, 6.45) is 3.32. The van der Waals surface area contributed by atoms with Gasteiger partial charge in [0.2, 0.25) is 5.91 Å². The standard InChI is InChI=1S/C19H20N4O4/c1-22(2)19(26)14-5-6-16-15(8-14)23(18(25)12-27-16)11-17(24)21-10-13-4-3-7-20-9-13/h3-9H,10-12H2,1-2H3,(H,21,24). The van der Waals surface area contributed by atoms with Gasteiger partial charge < -0.3 is 15.0 Å². The summed E-state index contributed by atoms with van der Waals surface area (Å²) < 4.78 is 5.42. The molecule has 8 heteroatoms. The first kappa shape index (κ1) is 18.4. The second kappa shape index (κ2) is 7.86. The van der Waals surface area contributed by atoms with E-state index in [1.54, 1.807) is 50.8 Å². The number of amides is 3. The van der Waals surface area contributed by atoms with Crippen molar-refractivity contribution in [1.82, 2.24) is 15.2 Å². The van der Waals surface area contributed by atoms with E-state index in [0.29, 0.717) is 23.5 Å². The van der Waals surface area contributed by atoms with Gasteiger partial charge in [-0.2, -0.15) is 0 Å². The molecule has 1 aromatic heterocycles. The highest BCUT2D eigenvalue weighted by atomic mass is 16.5. The molecule has 8 nitrogen and oxygen atoms in total. The third-order valence-corrected chi connectivity index (χ3v) is 4.07. The smallest absolute Gasteiger partial charge is 0.265 e. The van der Waals surface area contributed by atoms with Crippen LogP contribution in [0.2, 0.25) is 0 Å². The number of hydrogen-bond donors (Lipinski definition) is 1. The van der Waals surface area contributed by atoms with E-state index in [1.165, 1.54) is 9.80 Å². The van der Waals surface area contributed by atoms with Gasteiger partial charge in [-0.1, -0.05) is 6.07 Å².